The van der Waals surface area contributed by atoms with E-state index in [-0.39, 0.29) is 5.84 Å². The lowest BCUT2D eigenvalue weighted by atomic mass is 10.1. The van der Waals surface area contributed by atoms with Crippen molar-refractivity contribution in [1.82, 2.24) is 0 Å². The van der Waals surface area contributed by atoms with E-state index >= 15 is 0 Å². The number of hydrogen-bond donors (Lipinski definition) is 2. The summed E-state index contributed by atoms with van der Waals surface area (Å²) in [6.45, 7) is 1.90. The standard InChI is InChI=1S/C4H8N4/c1-2-4(3(5)6)7-8-4/h2H2,1H3,(H3,5,6). The zero-order valence-corrected chi connectivity index (χ0v) is 4.68. The third-order valence-corrected chi connectivity index (χ3v) is 1.27. The fourth-order valence-electron chi connectivity index (χ4n) is 0.500. The molecule has 4 nitrogen and oxygen atoms in total. The van der Waals surface area contributed by atoms with Crippen molar-refractivity contribution in [3.05, 3.63) is 0 Å². The van der Waals surface area contributed by atoms with Crippen LogP contribution in [0.4, 0.5) is 0 Å². The Morgan fingerprint density at radius 3 is 2.25 bits per heavy atom. The second kappa shape index (κ2) is 1.27. The molecule has 0 unspecified atom stereocenters. The first-order chi connectivity index (χ1) is 3.71. The van der Waals surface area contributed by atoms with Crippen LogP contribution in [0.2, 0.25) is 0 Å². The molecule has 0 aromatic heterocycles. The minimum Gasteiger partial charge on any atom is -0.384 e. The largest absolute Gasteiger partial charge is 0.384 e. The SMILES string of the molecule is CCC1(C(=N)N)N=N1. The molecule has 44 valence electrons. The monoisotopic (exact) mass is 112 g/mol. The second-order valence-corrected chi connectivity index (χ2v) is 1.78. The number of hydrogen-bond acceptors (Lipinski definition) is 3. The van der Waals surface area contributed by atoms with Crippen molar-refractivity contribution in [3.8, 4) is 0 Å². The summed E-state index contributed by atoms with van der Waals surface area (Å²) in [5.41, 5.74) is 4.54. The van der Waals surface area contributed by atoms with Crippen LogP contribution in [0.3, 0.4) is 0 Å². The molecule has 0 spiro atoms. The smallest absolute Gasteiger partial charge is 0.246 e. The van der Waals surface area contributed by atoms with Crippen molar-refractivity contribution >= 4 is 5.84 Å². The van der Waals surface area contributed by atoms with E-state index in [1.165, 1.54) is 0 Å². The van der Waals surface area contributed by atoms with Gasteiger partial charge in [0.25, 0.3) is 0 Å². The van der Waals surface area contributed by atoms with Crippen LogP contribution in [-0.2, 0) is 0 Å². The zero-order chi connectivity index (χ0) is 6.20. The van der Waals surface area contributed by atoms with Gasteiger partial charge in [0.15, 0.2) is 0 Å². The van der Waals surface area contributed by atoms with Gasteiger partial charge in [0, 0.05) is 6.42 Å². The van der Waals surface area contributed by atoms with Gasteiger partial charge in [0.2, 0.25) is 5.66 Å². The number of nitrogens with zero attached hydrogens (tertiary/aromatic N) is 2. The zero-order valence-electron chi connectivity index (χ0n) is 4.68. The normalized spacial score (nSPS) is 20.6. The molecule has 1 aliphatic rings. The van der Waals surface area contributed by atoms with Crippen LogP contribution in [0, 0.1) is 5.41 Å². The van der Waals surface area contributed by atoms with Gasteiger partial charge in [0.1, 0.15) is 5.84 Å². The Labute approximate surface area is 47.3 Å². The molecule has 0 saturated carbocycles. The average Bonchev–Trinajstić information content (AvgIpc) is 2.44. The Balaban J connectivity index is 2.55. The summed E-state index contributed by atoms with van der Waals surface area (Å²) in [6.07, 6.45) is 0.711. The molecule has 0 bridgehead atoms. The highest BCUT2D eigenvalue weighted by molar-refractivity contribution is 5.88. The summed E-state index contributed by atoms with van der Waals surface area (Å²) in [4.78, 5) is 0. The maximum atomic E-state index is 6.95. The molecule has 1 heterocycles. The van der Waals surface area contributed by atoms with Crippen LogP contribution < -0.4 is 5.73 Å². The van der Waals surface area contributed by atoms with E-state index in [9.17, 15) is 0 Å². The van der Waals surface area contributed by atoms with E-state index in [4.69, 9.17) is 11.1 Å². The van der Waals surface area contributed by atoms with Crippen molar-refractivity contribution in [2.75, 3.05) is 0 Å². The second-order valence-electron chi connectivity index (χ2n) is 1.78. The average molecular weight is 112 g/mol. The highest BCUT2D eigenvalue weighted by atomic mass is 15.5. The topological polar surface area (TPSA) is 74.6 Å². The molecule has 0 saturated heterocycles. The highest BCUT2D eigenvalue weighted by Gasteiger charge is 2.41. The van der Waals surface area contributed by atoms with Crippen molar-refractivity contribution in [1.29, 1.82) is 5.41 Å². The number of amidine groups is 1. The number of rotatable bonds is 2. The molecule has 0 fully saturated rings. The predicted molar refractivity (Wildman–Crippen MR) is 29.8 cm³/mol. The van der Waals surface area contributed by atoms with Crippen LogP contribution in [0.1, 0.15) is 13.3 Å². The lowest BCUT2D eigenvalue weighted by Gasteiger charge is -2.01. The molecule has 0 aromatic rings. The van der Waals surface area contributed by atoms with Crippen LogP contribution in [-0.4, -0.2) is 11.5 Å². The molecule has 8 heavy (non-hydrogen) atoms. The fraction of sp³-hybridized carbons (Fsp3) is 0.750. The minimum absolute atomic E-state index is 0.0556. The van der Waals surface area contributed by atoms with E-state index in [0.29, 0.717) is 6.42 Å². The van der Waals surface area contributed by atoms with Gasteiger partial charge in [0.05, 0.1) is 0 Å². The number of nitrogens with one attached hydrogen (secondary N) is 1. The van der Waals surface area contributed by atoms with E-state index in [1.807, 2.05) is 6.92 Å². The van der Waals surface area contributed by atoms with Gasteiger partial charge in [-0.2, -0.15) is 10.2 Å². The summed E-state index contributed by atoms with van der Waals surface area (Å²) in [6, 6.07) is 0. The van der Waals surface area contributed by atoms with E-state index in [0.717, 1.165) is 0 Å². The first kappa shape index (κ1) is 5.21. The van der Waals surface area contributed by atoms with Crippen LogP contribution >= 0.6 is 0 Å². The summed E-state index contributed by atoms with van der Waals surface area (Å²) in [5, 5.41) is 14.2. The first-order valence-corrected chi connectivity index (χ1v) is 2.50. The summed E-state index contributed by atoms with van der Waals surface area (Å²) in [5.74, 6) is 0.0556. The summed E-state index contributed by atoms with van der Waals surface area (Å²) in [7, 11) is 0. The van der Waals surface area contributed by atoms with Crippen LogP contribution in [0.25, 0.3) is 0 Å². The molecular weight excluding hydrogens is 104 g/mol. The lowest BCUT2D eigenvalue weighted by molar-refractivity contribution is 0.741. The third-order valence-electron chi connectivity index (χ3n) is 1.27. The molecule has 0 aromatic carbocycles. The predicted octanol–water partition coefficient (Wildman–Crippen LogP) is 0.494. The molecule has 1 aliphatic heterocycles. The van der Waals surface area contributed by atoms with Crippen molar-refractivity contribution in [3.63, 3.8) is 0 Å². The molecule has 0 amide bonds. The van der Waals surface area contributed by atoms with E-state index in [1.54, 1.807) is 0 Å². The Kier molecular flexibility index (Phi) is 0.829. The van der Waals surface area contributed by atoms with Gasteiger partial charge >= 0.3 is 0 Å². The Morgan fingerprint density at radius 1 is 1.75 bits per heavy atom. The summed E-state index contributed by atoms with van der Waals surface area (Å²) >= 11 is 0. The van der Waals surface area contributed by atoms with E-state index in [2.05, 4.69) is 10.2 Å². The molecule has 1 rings (SSSR count). The maximum Gasteiger partial charge on any atom is 0.246 e. The van der Waals surface area contributed by atoms with Crippen molar-refractivity contribution < 1.29 is 0 Å². The molecular formula is C4H8N4. The van der Waals surface area contributed by atoms with Crippen LogP contribution in [0.15, 0.2) is 10.2 Å². The van der Waals surface area contributed by atoms with Gasteiger partial charge in [-0.05, 0) is 0 Å². The molecule has 0 atom stereocenters. The Morgan fingerprint density at radius 2 is 2.25 bits per heavy atom. The van der Waals surface area contributed by atoms with Gasteiger partial charge < -0.3 is 5.73 Å². The molecule has 3 N–H and O–H groups in total. The van der Waals surface area contributed by atoms with Crippen molar-refractivity contribution in [2.24, 2.45) is 16.0 Å². The minimum atomic E-state index is -0.597. The molecule has 0 radical (unpaired) electrons. The molecule has 0 aliphatic carbocycles. The van der Waals surface area contributed by atoms with E-state index < -0.39 is 5.66 Å². The first-order valence-electron chi connectivity index (χ1n) is 2.50. The van der Waals surface area contributed by atoms with Gasteiger partial charge in [-0.25, -0.2) is 0 Å². The fourth-order valence-corrected chi connectivity index (χ4v) is 0.500. The van der Waals surface area contributed by atoms with Gasteiger partial charge in [-0.15, -0.1) is 0 Å². The van der Waals surface area contributed by atoms with Gasteiger partial charge in [-0.3, -0.25) is 5.41 Å². The molecule has 4 heteroatoms. The Hall–Kier alpha value is -0.930. The highest BCUT2D eigenvalue weighted by Crippen LogP contribution is 2.30. The third kappa shape index (κ3) is 0.492. The summed E-state index contributed by atoms with van der Waals surface area (Å²) < 4.78 is 0. The maximum absolute atomic E-state index is 6.95. The Bertz CT molecular complexity index is 142. The quantitative estimate of drug-likeness (QED) is 0.396. The lowest BCUT2D eigenvalue weighted by Crippen LogP contribution is -2.30. The van der Waals surface area contributed by atoms with Gasteiger partial charge in [-0.1, -0.05) is 6.92 Å². The van der Waals surface area contributed by atoms with Crippen molar-refractivity contribution in [2.45, 2.75) is 19.0 Å². The number of nitrogens with two attached hydrogens (primary N) is 1. The van der Waals surface area contributed by atoms with Crippen LogP contribution in [0.5, 0.6) is 0 Å².